The van der Waals surface area contributed by atoms with Crippen LogP contribution in [0, 0.1) is 5.82 Å². The first kappa shape index (κ1) is 23.7. The van der Waals surface area contributed by atoms with E-state index in [0.29, 0.717) is 5.65 Å². The van der Waals surface area contributed by atoms with Gasteiger partial charge in [0.25, 0.3) is 0 Å². The molecule has 0 bridgehead atoms. The monoisotopic (exact) mass is 504 g/mol. The number of aromatic amines is 1. The van der Waals surface area contributed by atoms with Gasteiger partial charge in [-0.25, -0.2) is 9.37 Å². The highest BCUT2D eigenvalue weighted by Crippen LogP contribution is 2.41. The first-order valence-corrected chi connectivity index (χ1v) is 11.8. The number of nitrogens with one attached hydrogen (secondary N) is 1. The van der Waals surface area contributed by atoms with Gasteiger partial charge in [0.15, 0.2) is 0 Å². The van der Waals surface area contributed by atoms with Crippen LogP contribution in [0.1, 0.15) is 55.7 Å². The third kappa shape index (κ3) is 4.62. The van der Waals surface area contributed by atoms with Crippen LogP contribution in [0.4, 0.5) is 13.2 Å². The molecule has 3 aromatic heterocycles. The van der Waals surface area contributed by atoms with Crippen molar-refractivity contribution in [2.75, 3.05) is 0 Å². The number of hydrogen-bond acceptors (Lipinski definition) is 4. The Morgan fingerprint density at radius 2 is 1.94 bits per heavy atom. The molecule has 5 rings (SSSR count). The highest BCUT2D eigenvalue weighted by Gasteiger charge is 2.25. The van der Waals surface area contributed by atoms with Crippen molar-refractivity contribution >= 4 is 22.6 Å². The molecule has 4 aromatic rings. The molecule has 0 saturated heterocycles. The van der Waals surface area contributed by atoms with Gasteiger partial charge in [-0.3, -0.25) is 4.68 Å². The summed E-state index contributed by atoms with van der Waals surface area (Å²) in [7, 11) is 0. The molecule has 0 unspecified atom stereocenters. The molecule has 184 valence electrons. The molecule has 3 heterocycles. The Labute approximate surface area is 204 Å². The molecule has 2 N–H and O–H groups in total. The maximum absolute atomic E-state index is 14.3. The fourth-order valence-electron chi connectivity index (χ4n) is 4.86. The number of aliphatic hydroxyl groups excluding tert-OH is 1. The van der Waals surface area contributed by atoms with E-state index in [1.165, 1.54) is 0 Å². The lowest BCUT2D eigenvalue weighted by atomic mass is 9.91. The van der Waals surface area contributed by atoms with E-state index in [4.69, 9.17) is 11.6 Å². The fourth-order valence-corrected chi connectivity index (χ4v) is 5.18. The van der Waals surface area contributed by atoms with Crippen molar-refractivity contribution in [3.05, 3.63) is 65.0 Å². The second kappa shape index (κ2) is 9.54. The smallest absolute Gasteiger partial charge is 0.387 e. The van der Waals surface area contributed by atoms with Crippen molar-refractivity contribution in [2.24, 2.45) is 0 Å². The Morgan fingerprint density at radius 1 is 1.17 bits per heavy atom. The first-order chi connectivity index (χ1) is 16.8. The summed E-state index contributed by atoms with van der Waals surface area (Å²) in [6.45, 7) is -1.31. The number of ether oxygens (including phenoxy) is 1. The largest absolute Gasteiger partial charge is 0.434 e. The molecule has 0 aliphatic heterocycles. The van der Waals surface area contributed by atoms with Crippen LogP contribution >= 0.6 is 11.6 Å². The minimum atomic E-state index is -3.07. The van der Waals surface area contributed by atoms with E-state index < -0.39 is 18.3 Å². The molecular weight excluding hydrogens is 481 g/mol. The molecule has 0 spiro atoms. The number of alkyl halides is 2. The molecule has 1 aliphatic rings. The van der Waals surface area contributed by atoms with Crippen molar-refractivity contribution in [1.29, 1.82) is 0 Å². The number of rotatable bonds is 6. The molecule has 1 atom stereocenters. The quantitative estimate of drug-likeness (QED) is 0.316. The van der Waals surface area contributed by atoms with Crippen molar-refractivity contribution in [3.63, 3.8) is 0 Å². The number of nitrogens with zero attached hydrogens (tertiary/aromatic N) is 3. The predicted molar refractivity (Wildman–Crippen MR) is 126 cm³/mol. The molecule has 0 radical (unpaired) electrons. The van der Waals surface area contributed by atoms with Gasteiger partial charge in [-0.1, -0.05) is 18.5 Å². The number of aliphatic hydroxyl groups is 1. The van der Waals surface area contributed by atoms with Crippen molar-refractivity contribution < 1.29 is 23.0 Å². The summed E-state index contributed by atoms with van der Waals surface area (Å²) in [4.78, 5) is 7.60. The Morgan fingerprint density at radius 3 is 2.69 bits per heavy atom. The average Bonchev–Trinajstić information content (AvgIpc) is 3.49. The van der Waals surface area contributed by atoms with Crippen LogP contribution in [0.2, 0.25) is 5.02 Å². The molecule has 1 fully saturated rings. The molecule has 35 heavy (non-hydrogen) atoms. The van der Waals surface area contributed by atoms with Crippen LogP contribution in [0.15, 0.2) is 43.0 Å². The van der Waals surface area contributed by atoms with Gasteiger partial charge in [0.1, 0.15) is 17.2 Å². The summed E-state index contributed by atoms with van der Waals surface area (Å²) in [5.41, 5.74) is 3.19. The fraction of sp³-hybridized carbons (Fsp3) is 0.360. The third-order valence-corrected chi connectivity index (χ3v) is 7.13. The molecule has 0 amide bonds. The normalized spacial score (nSPS) is 19.4. The van der Waals surface area contributed by atoms with E-state index in [0.717, 1.165) is 59.9 Å². The topological polar surface area (TPSA) is 76.0 Å². The second-order valence-corrected chi connectivity index (χ2v) is 9.29. The minimum Gasteiger partial charge on any atom is -0.434 e. The lowest BCUT2D eigenvalue weighted by molar-refractivity contribution is -0.0505. The third-order valence-electron chi connectivity index (χ3n) is 6.75. The van der Waals surface area contributed by atoms with E-state index in [-0.39, 0.29) is 28.5 Å². The van der Waals surface area contributed by atoms with Crippen LogP contribution in [0.25, 0.3) is 22.2 Å². The number of aromatic nitrogens is 4. The number of fused-ring (bicyclic) bond motifs is 1. The van der Waals surface area contributed by atoms with Gasteiger partial charge in [0, 0.05) is 46.6 Å². The Hall–Kier alpha value is -3.04. The van der Waals surface area contributed by atoms with Gasteiger partial charge >= 0.3 is 6.61 Å². The van der Waals surface area contributed by atoms with Gasteiger partial charge in [0.05, 0.1) is 23.4 Å². The van der Waals surface area contributed by atoms with Crippen LogP contribution < -0.4 is 4.74 Å². The summed E-state index contributed by atoms with van der Waals surface area (Å²) < 4.78 is 46.8. The zero-order valence-electron chi connectivity index (χ0n) is 18.9. The highest BCUT2D eigenvalue weighted by atomic mass is 35.5. The van der Waals surface area contributed by atoms with E-state index in [2.05, 4.69) is 19.8 Å². The second-order valence-electron chi connectivity index (χ2n) is 8.91. The van der Waals surface area contributed by atoms with Gasteiger partial charge in [-0.05, 0) is 49.4 Å². The highest BCUT2D eigenvalue weighted by molar-refractivity contribution is 6.31. The molecule has 10 heteroatoms. The lowest BCUT2D eigenvalue weighted by Crippen LogP contribution is -2.21. The van der Waals surface area contributed by atoms with E-state index in [9.17, 15) is 18.3 Å². The van der Waals surface area contributed by atoms with Gasteiger partial charge in [0.2, 0.25) is 0 Å². The number of H-pyrrole nitrogens is 1. The summed E-state index contributed by atoms with van der Waals surface area (Å²) in [6, 6.07) is 4.36. The first-order valence-electron chi connectivity index (χ1n) is 11.4. The van der Waals surface area contributed by atoms with E-state index in [1.54, 1.807) is 25.5 Å². The SMILES string of the molecule is C[C@H](c1c(OC(F)F)ccc(F)c1Cl)c1c[nH]c2ncc(-c3cnn(C4CCC(O)CC4)c3)cc12. The lowest BCUT2D eigenvalue weighted by Gasteiger charge is -2.25. The summed E-state index contributed by atoms with van der Waals surface area (Å²) in [5, 5.41) is 14.8. The maximum atomic E-state index is 14.3. The number of halogens is 4. The summed E-state index contributed by atoms with van der Waals surface area (Å²) >= 11 is 6.21. The molecule has 1 saturated carbocycles. The van der Waals surface area contributed by atoms with Crippen LogP contribution in [0.3, 0.4) is 0 Å². The van der Waals surface area contributed by atoms with Crippen molar-refractivity contribution in [3.8, 4) is 16.9 Å². The number of pyridine rings is 1. The number of benzene rings is 1. The zero-order chi connectivity index (χ0) is 24.7. The minimum absolute atomic E-state index is 0.144. The Bertz CT molecular complexity index is 1350. The van der Waals surface area contributed by atoms with Gasteiger partial charge in [-0.2, -0.15) is 13.9 Å². The Balaban J connectivity index is 1.50. The van der Waals surface area contributed by atoms with E-state index in [1.807, 2.05) is 16.9 Å². The summed E-state index contributed by atoms with van der Waals surface area (Å²) in [5.74, 6) is -1.44. The summed E-state index contributed by atoms with van der Waals surface area (Å²) in [6.07, 6.45) is 10.2. The van der Waals surface area contributed by atoms with Crippen molar-refractivity contribution in [1.82, 2.24) is 19.7 Å². The van der Waals surface area contributed by atoms with Crippen LogP contribution in [-0.4, -0.2) is 37.6 Å². The van der Waals surface area contributed by atoms with Crippen LogP contribution in [-0.2, 0) is 0 Å². The zero-order valence-corrected chi connectivity index (χ0v) is 19.6. The predicted octanol–water partition coefficient (Wildman–Crippen LogP) is 6.45. The van der Waals surface area contributed by atoms with E-state index >= 15 is 0 Å². The molecule has 6 nitrogen and oxygen atoms in total. The average molecular weight is 505 g/mol. The molecular formula is C25H24ClF3N4O2. The van der Waals surface area contributed by atoms with Crippen molar-refractivity contribution in [2.45, 2.75) is 57.3 Å². The Kier molecular flexibility index (Phi) is 6.46. The standard InChI is InChI=1S/C25H24ClF3N4O2/c1-13(22-21(35-25(28)29)7-6-20(27)23(22)26)19-11-31-24-18(19)8-14(9-30-24)15-10-32-33(12-15)16-2-4-17(34)5-3-16/h6-13,16-17,25,34H,2-5H2,1H3,(H,30,31)/t13-,16?,17?/m0/s1. The molecule has 1 aliphatic carbocycles. The van der Waals surface area contributed by atoms with Gasteiger partial charge < -0.3 is 14.8 Å². The van der Waals surface area contributed by atoms with Crippen LogP contribution in [0.5, 0.6) is 5.75 Å². The van der Waals surface area contributed by atoms with Gasteiger partial charge in [-0.15, -0.1) is 0 Å². The number of hydrogen-bond donors (Lipinski definition) is 2. The molecule has 1 aromatic carbocycles. The maximum Gasteiger partial charge on any atom is 0.387 e.